The predicted molar refractivity (Wildman–Crippen MR) is 190 cm³/mol. The van der Waals surface area contributed by atoms with Crippen LogP contribution in [-0.4, -0.2) is 39.6 Å². The Morgan fingerprint density at radius 1 is 0.809 bits per heavy atom. The van der Waals surface area contributed by atoms with Gasteiger partial charge in [-0.15, -0.1) is 0 Å². The van der Waals surface area contributed by atoms with E-state index in [4.69, 9.17) is 4.98 Å². The monoisotopic (exact) mass is 659 g/mol. The topological polar surface area (TPSA) is 100 Å². The number of hydrogen-bond acceptors (Lipinski definition) is 5. The predicted octanol–water partition coefficient (Wildman–Crippen LogP) is 8.07. The first-order chi connectivity index (χ1) is 22.7. The smallest absolute Gasteiger partial charge is 0.238 e. The van der Waals surface area contributed by atoms with E-state index in [0.717, 1.165) is 57.0 Å². The molecule has 1 N–H and O–H groups in total. The Balaban J connectivity index is 1.30. The SMILES string of the molecule is CN(c1ccc(-c2cnc3[nH]c4ccc(CS(=O)(=O)c5ccccc5)cc4c3c2-c2ccccc2)cc1)S(=O)(=O)CC1=CC=CCC1. The highest BCUT2D eigenvalue weighted by Crippen LogP contribution is 2.41. The van der Waals surface area contributed by atoms with E-state index in [1.807, 2.05) is 97.2 Å². The summed E-state index contributed by atoms with van der Waals surface area (Å²) in [6, 6.07) is 31.7. The molecule has 0 amide bonds. The lowest BCUT2D eigenvalue weighted by Gasteiger charge is -2.21. The Hall–Kier alpha value is -4.99. The average Bonchev–Trinajstić information content (AvgIpc) is 3.46. The largest absolute Gasteiger partial charge is 0.339 e. The molecule has 0 radical (unpaired) electrons. The molecular weight excluding hydrogens is 627 g/mol. The number of anilines is 1. The van der Waals surface area contributed by atoms with Gasteiger partial charge in [0.15, 0.2) is 9.84 Å². The van der Waals surface area contributed by atoms with E-state index in [0.29, 0.717) is 16.9 Å². The summed E-state index contributed by atoms with van der Waals surface area (Å²) in [4.78, 5) is 8.51. The van der Waals surface area contributed by atoms with Crippen LogP contribution in [-0.2, 0) is 25.6 Å². The summed E-state index contributed by atoms with van der Waals surface area (Å²) in [5.41, 5.74) is 7.41. The minimum absolute atomic E-state index is 0.0104. The number of benzene rings is 4. The summed E-state index contributed by atoms with van der Waals surface area (Å²) in [6.07, 6.45) is 9.28. The van der Waals surface area contributed by atoms with Crippen LogP contribution in [0, 0.1) is 0 Å². The molecule has 2 aromatic heterocycles. The number of nitrogens with zero attached hydrogens (tertiary/aromatic N) is 2. The number of fused-ring (bicyclic) bond motifs is 3. The van der Waals surface area contributed by atoms with Gasteiger partial charge in [0.1, 0.15) is 5.65 Å². The summed E-state index contributed by atoms with van der Waals surface area (Å²) in [6.45, 7) is 0. The van der Waals surface area contributed by atoms with E-state index < -0.39 is 19.9 Å². The van der Waals surface area contributed by atoms with E-state index in [1.165, 1.54) is 4.31 Å². The second kappa shape index (κ2) is 12.3. The summed E-state index contributed by atoms with van der Waals surface area (Å²) < 4.78 is 54.3. The fraction of sp³-hybridized carbons (Fsp3) is 0.132. The number of nitrogens with one attached hydrogen (secondary N) is 1. The maximum Gasteiger partial charge on any atom is 0.238 e. The van der Waals surface area contributed by atoms with Crippen LogP contribution < -0.4 is 4.31 Å². The van der Waals surface area contributed by atoms with Crippen molar-refractivity contribution < 1.29 is 16.8 Å². The molecular formula is C38H33N3O4S2. The van der Waals surface area contributed by atoms with Crippen LogP contribution in [0.4, 0.5) is 5.69 Å². The van der Waals surface area contributed by atoms with Crippen LogP contribution in [0.3, 0.4) is 0 Å². The van der Waals surface area contributed by atoms with E-state index in [-0.39, 0.29) is 16.4 Å². The van der Waals surface area contributed by atoms with Crippen molar-refractivity contribution in [2.24, 2.45) is 0 Å². The first-order valence-corrected chi connectivity index (χ1v) is 18.6. The molecule has 7 nitrogen and oxygen atoms in total. The maximum atomic E-state index is 13.2. The zero-order valence-electron chi connectivity index (χ0n) is 25.8. The highest BCUT2D eigenvalue weighted by Gasteiger charge is 2.22. The molecule has 0 fully saturated rings. The molecule has 7 rings (SSSR count). The molecule has 0 unspecified atom stereocenters. The van der Waals surface area contributed by atoms with Crippen LogP contribution in [0.15, 0.2) is 138 Å². The van der Waals surface area contributed by atoms with Gasteiger partial charge in [0.2, 0.25) is 10.0 Å². The molecule has 47 heavy (non-hydrogen) atoms. The Bertz CT molecular complexity index is 2380. The van der Waals surface area contributed by atoms with Crippen molar-refractivity contribution in [2.45, 2.75) is 23.5 Å². The number of aromatic amines is 1. The Labute approximate surface area is 274 Å². The standard InChI is InChI=1S/C38H33N3O4S2/c1-41(47(44,45)26-27-11-5-2-6-12-27)31-20-18-29(19-21-31)34-24-39-38-37(36(34)30-13-7-3-8-14-30)33-23-28(17-22-35(33)40-38)25-46(42,43)32-15-9-4-10-16-32/h2-5,7-11,13-24H,6,12,25-26H2,1H3,(H,39,40). The number of H-pyrrole nitrogens is 1. The van der Waals surface area contributed by atoms with Crippen LogP contribution in [0.25, 0.3) is 44.2 Å². The molecule has 0 spiro atoms. The van der Waals surface area contributed by atoms with E-state index >= 15 is 0 Å². The third-order valence-electron chi connectivity index (χ3n) is 8.63. The van der Waals surface area contributed by atoms with Crippen molar-refractivity contribution in [3.63, 3.8) is 0 Å². The zero-order chi connectivity index (χ0) is 32.6. The molecule has 2 heterocycles. The van der Waals surface area contributed by atoms with Gasteiger partial charge in [-0.25, -0.2) is 21.8 Å². The van der Waals surface area contributed by atoms with Gasteiger partial charge in [-0.05, 0) is 65.9 Å². The molecule has 0 saturated heterocycles. The number of sulfonamides is 1. The first-order valence-electron chi connectivity index (χ1n) is 15.4. The Morgan fingerprint density at radius 2 is 1.53 bits per heavy atom. The minimum Gasteiger partial charge on any atom is -0.339 e. The average molecular weight is 660 g/mol. The molecule has 4 aromatic carbocycles. The fourth-order valence-corrected chi connectivity index (χ4v) is 8.86. The number of pyridine rings is 1. The van der Waals surface area contributed by atoms with Crippen LogP contribution in [0.5, 0.6) is 0 Å². The lowest BCUT2D eigenvalue weighted by Crippen LogP contribution is -2.29. The van der Waals surface area contributed by atoms with E-state index in [9.17, 15) is 16.8 Å². The number of rotatable bonds is 9. The quantitative estimate of drug-likeness (QED) is 0.169. The van der Waals surface area contributed by atoms with Crippen molar-refractivity contribution in [3.05, 3.63) is 139 Å². The summed E-state index contributed by atoms with van der Waals surface area (Å²) in [5.74, 6) is -0.136. The van der Waals surface area contributed by atoms with Gasteiger partial charge in [0.05, 0.1) is 22.1 Å². The molecule has 0 atom stereocenters. The Morgan fingerprint density at radius 3 is 2.23 bits per heavy atom. The van der Waals surface area contributed by atoms with Crippen molar-refractivity contribution >= 4 is 47.5 Å². The number of aromatic nitrogens is 2. The lowest BCUT2D eigenvalue weighted by molar-refractivity contribution is 0.593. The summed E-state index contributed by atoms with van der Waals surface area (Å²) in [7, 11) is -5.50. The minimum atomic E-state index is -3.55. The van der Waals surface area contributed by atoms with Crippen molar-refractivity contribution in [3.8, 4) is 22.3 Å². The van der Waals surface area contributed by atoms with Gasteiger partial charge >= 0.3 is 0 Å². The van der Waals surface area contributed by atoms with E-state index in [1.54, 1.807) is 37.4 Å². The van der Waals surface area contributed by atoms with Crippen LogP contribution in [0.2, 0.25) is 0 Å². The van der Waals surface area contributed by atoms with Gasteiger partial charge in [-0.2, -0.15) is 0 Å². The zero-order valence-corrected chi connectivity index (χ0v) is 27.4. The number of allylic oxidation sites excluding steroid dienone is 3. The third kappa shape index (κ3) is 6.12. The molecule has 0 saturated carbocycles. The summed E-state index contributed by atoms with van der Waals surface area (Å²) in [5, 5.41) is 1.77. The van der Waals surface area contributed by atoms with Gasteiger partial charge in [-0.1, -0.05) is 90.5 Å². The Kier molecular flexibility index (Phi) is 8.03. The number of hydrogen-bond donors (Lipinski definition) is 1. The maximum absolute atomic E-state index is 13.2. The second-order valence-corrected chi connectivity index (χ2v) is 15.8. The number of sulfone groups is 1. The molecule has 1 aliphatic rings. The first kappa shape index (κ1) is 30.7. The second-order valence-electron chi connectivity index (χ2n) is 11.8. The molecule has 1 aliphatic carbocycles. The highest BCUT2D eigenvalue weighted by molar-refractivity contribution is 7.93. The van der Waals surface area contributed by atoms with E-state index in [2.05, 4.69) is 4.98 Å². The van der Waals surface area contributed by atoms with Crippen LogP contribution >= 0.6 is 0 Å². The van der Waals surface area contributed by atoms with Gasteiger partial charge in [0, 0.05) is 40.7 Å². The van der Waals surface area contributed by atoms with Gasteiger partial charge in [0.25, 0.3) is 0 Å². The van der Waals surface area contributed by atoms with Gasteiger partial charge < -0.3 is 4.98 Å². The molecule has 236 valence electrons. The highest BCUT2D eigenvalue weighted by atomic mass is 32.2. The van der Waals surface area contributed by atoms with Crippen molar-refractivity contribution in [1.29, 1.82) is 0 Å². The van der Waals surface area contributed by atoms with Gasteiger partial charge in [-0.3, -0.25) is 4.31 Å². The molecule has 0 bridgehead atoms. The van der Waals surface area contributed by atoms with Crippen molar-refractivity contribution in [1.82, 2.24) is 9.97 Å². The van der Waals surface area contributed by atoms with Crippen molar-refractivity contribution in [2.75, 3.05) is 17.1 Å². The normalized spacial score (nSPS) is 13.6. The summed E-state index contributed by atoms with van der Waals surface area (Å²) >= 11 is 0. The molecule has 0 aliphatic heterocycles. The third-order valence-corrected chi connectivity index (χ3v) is 12.1. The lowest BCUT2D eigenvalue weighted by atomic mass is 9.92. The fourth-order valence-electron chi connectivity index (χ4n) is 6.16. The molecule has 9 heteroatoms. The van der Waals surface area contributed by atoms with Crippen LogP contribution in [0.1, 0.15) is 18.4 Å². The molecule has 6 aromatic rings.